The average molecular weight is 381 g/mol. The molecule has 7 heteroatoms. The summed E-state index contributed by atoms with van der Waals surface area (Å²) in [6.45, 7) is 0.938. The summed E-state index contributed by atoms with van der Waals surface area (Å²) in [5.41, 5.74) is 0.414. The van der Waals surface area contributed by atoms with Gasteiger partial charge in [-0.25, -0.2) is 0 Å². The molecule has 0 spiro atoms. The number of rotatable bonds is 8. The molecule has 2 amide bonds. The van der Waals surface area contributed by atoms with E-state index in [1.807, 2.05) is 30.3 Å². The minimum absolute atomic E-state index is 0.139. The SMILES string of the molecule is O=C(CCOc1ccccc1)NCCNC(=O)c1ccc(Cl)c(Cl)c1. The number of benzene rings is 2. The molecule has 132 valence electrons. The number of amides is 2. The maximum Gasteiger partial charge on any atom is 0.251 e. The molecular weight excluding hydrogens is 363 g/mol. The van der Waals surface area contributed by atoms with Crippen LogP contribution >= 0.6 is 23.2 Å². The summed E-state index contributed by atoms with van der Waals surface area (Å²) in [7, 11) is 0. The van der Waals surface area contributed by atoms with Crippen molar-refractivity contribution in [1.29, 1.82) is 0 Å². The van der Waals surface area contributed by atoms with Crippen LogP contribution < -0.4 is 15.4 Å². The van der Waals surface area contributed by atoms with Crippen LogP contribution in [0.1, 0.15) is 16.8 Å². The lowest BCUT2D eigenvalue weighted by Gasteiger charge is -2.08. The van der Waals surface area contributed by atoms with Crippen molar-refractivity contribution >= 4 is 35.0 Å². The highest BCUT2D eigenvalue weighted by Gasteiger charge is 2.08. The Labute approximate surface area is 156 Å². The molecule has 0 saturated heterocycles. The maximum absolute atomic E-state index is 11.9. The minimum atomic E-state index is -0.278. The Kier molecular flexibility index (Phi) is 7.57. The number of hydrogen-bond acceptors (Lipinski definition) is 3. The number of carbonyl (C=O) groups excluding carboxylic acids is 2. The van der Waals surface area contributed by atoms with Crippen molar-refractivity contribution in [2.24, 2.45) is 0 Å². The summed E-state index contributed by atoms with van der Waals surface area (Å²) >= 11 is 11.7. The third kappa shape index (κ3) is 6.64. The lowest BCUT2D eigenvalue weighted by Crippen LogP contribution is -2.35. The summed E-state index contributed by atoms with van der Waals surface area (Å²) in [6, 6.07) is 13.9. The second-order valence-electron chi connectivity index (χ2n) is 5.15. The second-order valence-corrected chi connectivity index (χ2v) is 5.96. The molecule has 0 aliphatic carbocycles. The van der Waals surface area contributed by atoms with Crippen LogP contribution in [0.15, 0.2) is 48.5 Å². The molecule has 0 fully saturated rings. The van der Waals surface area contributed by atoms with E-state index in [1.165, 1.54) is 6.07 Å². The molecule has 0 aliphatic rings. The van der Waals surface area contributed by atoms with Gasteiger partial charge in [0.2, 0.25) is 5.91 Å². The van der Waals surface area contributed by atoms with Crippen molar-refractivity contribution in [2.45, 2.75) is 6.42 Å². The van der Waals surface area contributed by atoms with Gasteiger partial charge in [-0.15, -0.1) is 0 Å². The van der Waals surface area contributed by atoms with Gasteiger partial charge < -0.3 is 15.4 Å². The lowest BCUT2D eigenvalue weighted by molar-refractivity contribution is -0.121. The summed E-state index contributed by atoms with van der Waals surface area (Å²) in [5.74, 6) is 0.309. The van der Waals surface area contributed by atoms with E-state index < -0.39 is 0 Å². The predicted octanol–water partition coefficient (Wildman–Crippen LogP) is 3.31. The van der Waals surface area contributed by atoms with Gasteiger partial charge in [-0.1, -0.05) is 41.4 Å². The van der Waals surface area contributed by atoms with E-state index >= 15 is 0 Å². The number of hydrogen-bond donors (Lipinski definition) is 2. The fourth-order valence-electron chi connectivity index (χ4n) is 1.98. The van der Waals surface area contributed by atoms with Crippen molar-refractivity contribution in [3.05, 3.63) is 64.1 Å². The topological polar surface area (TPSA) is 67.4 Å². The van der Waals surface area contributed by atoms with Gasteiger partial charge in [0.05, 0.1) is 23.1 Å². The normalized spacial score (nSPS) is 10.2. The monoisotopic (exact) mass is 380 g/mol. The quantitative estimate of drug-likeness (QED) is 0.690. The molecule has 0 heterocycles. The zero-order valence-corrected chi connectivity index (χ0v) is 14.9. The summed E-state index contributed by atoms with van der Waals surface area (Å²) < 4.78 is 5.45. The zero-order chi connectivity index (χ0) is 18.1. The Morgan fingerprint density at radius 3 is 2.36 bits per heavy atom. The summed E-state index contributed by atoms with van der Waals surface area (Å²) in [5, 5.41) is 6.12. The molecule has 5 nitrogen and oxygen atoms in total. The number of para-hydroxylation sites is 1. The van der Waals surface area contributed by atoms with Crippen LogP contribution in [-0.2, 0) is 4.79 Å². The molecule has 0 radical (unpaired) electrons. The number of ether oxygens (including phenoxy) is 1. The summed E-state index contributed by atoms with van der Waals surface area (Å²) in [4.78, 5) is 23.6. The van der Waals surface area contributed by atoms with Crippen LogP contribution in [0.3, 0.4) is 0 Å². The van der Waals surface area contributed by atoms with Crippen molar-refractivity contribution in [2.75, 3.05) is 19.7 Å². The predicted molar refractivity (Wildman–Crippen MR) is 98.4 cm³/mol. The number of halogens is 2. The zero-order valence-electron chi connectivity index (χ0n) is 13.4. The fraction of sp³-hybridized carbons (Fsp3) is 0.222. The van der Waals surface area contributed by atoms with Crippen molar-refractivity contribution < 1.29 is 14.3 Å². The molecule has 25 heavy (non-hydrogen) atoms. The smallest absolute Gasteiger partial charge is 0.251 e. The van der Waals surface area contributed by atoms with Gasteiger partial charge >= 0.3 is 0 Å². The first-order valence-electron chi connectivity index (χ1n) is 7.74. The Balaban J connectivity index is 1.61. The first kappa shape index (κ1) is 19.1. The molecule has 2 aromatic carbocycles. The Morgan fingerprint density at radius 2 is 1.64 bits per heavy atom. The van der Waals surface area contributed by atoms with Gasteiger partial charge in [0.25, 0.3) is 5.91 Å². The van der Waals surface area contributed by atoms with Crippen molar-refractivity contribution in [1.82, 2.24) is 10.6 Å². The number of carbonyl (C=O) groups is 2. The van der Waals surface area contributed by atoms with Crippen LogP contribution in [0.4, 0.5) is 0 Å². The van der Waals surface area contributed by atoms with Gasteiger partial charge in [-0.3, -0.25) is 9.59 Å². The molecule has 0 aliphatic heterocycles. The highest BCUT2D eigenvalue weighted by molar-refractivity contribution is 6.42. The first-order chi connectivity index (χ1) is 12.1. The van der Waals surface area contributed by atoms with E-state index in [0.717, 1.165) is 5.75 Å². The third-order valence-corrected chi connectivity index (χ3v) is 3.99. The molecule has 0 bridgehead atoms. The molecule has 0 atom stereocenters. The molecule has 2 N–H and O–H groups in total. The maximum atomic E-state index is 11.9. The van der Waals surface area contributed by atoms with Crippen molar-refractivity contribution in [3.63, 3.8) is 0 Å². The van der Waals surface area contributed by atoms with Crippen LogP contribution in [-0.4, -0.2) is 31.5 Å². The molecule has 0 saturated carbocycles. The van der Waals surface area contributed by atoms with Gasteiger partial charge in [0.15, 0.2) is 0 Å². The van der Waals surface area contributed by atoms with E-state index in [-0.39, 0.29) is 18.2 Å². The van der Waals surface area contributed by atoms with Crippen LogP contribution in [0.25, 0.3) is 0 Å². The molecule has 2 aromatic rings. The second kappa shape index (κ2) is 9.91. The minimum Gasteiger partial charge on any atom is -0.493 e. The van der Waals surface area contributed by atoms with Gasteiger partial charge in [0.1, 0.15) is 5.75 Å². The van der Waals surface area contributed by atoms with E-state index in [4.69, 9.17) is 27.9 Å². The van der Waals surface area contributed by atoms with Gasteiger partial charge in [0, 0.05) is 18.7 Å². The Hall–Kier alpha value is -2.24. The van der Waals surface area contributed by atoms with Crippen LogP contribution in [0, 0.1) is 0 Å². The van der Waals surface area contributed by atoms with Gasteiger partial charge in [-0.2, -0.15) is 0 Å². The first-order valence-corrected chi connectivity index (χ1v) is 8.49. The van der Waals surface area contributed by atoms with E-state index in [2.05, 4.69) is 10.6 Å². The number of nitrogens with one attached hydrogen (secondary N) is 2. The lowest BCUT2D eigenvalue weighted by atomic mass is 10.2. The molecule has 0 unspecified atom stereocenters. The standard InChI is InChI=1S/C18H18Cl2N2O3/c19-15-7-6-13(12-16(15)20)18(24)22-10-9-21-17(23)8-11-25-14-4-2-1-3-5-14/h1-7,12H,8-11H2,(H,21,23)(H,22,24). The van der Waals surface area contributed by atoms with E-state index in [9.17, 15) is 9.59 Å². The highest BCUT2D eigenvalue weighted by atomic mass is 35.5. The van der Waals surface area contributed by atoms with Gasteiger partial charge in [-0.05, 0) is 30.3 Å². The molecular formula is C18H18Cl2N2O3. The summed E-state index contributed by atoms with van der Waals surface area (Å²) in [6.07, 6.45) is 0.246. The highest BCUT2D eigenvalue weighted by Crippen LogP contribution is 2.22. The molecule has 2 rings (SSSR count). The van der Waals surface area contributed by atoms with Crippen LogP contribution in [0.2, 0.25) is 10.0 Å². The third-order valence-electron chi connectivity index (χ3n) is 3.26. The average Bonchev–Trinajstić information content (AvgIpc) is 2.62. The fourth-order valence-corrected chi connectivity index (χ4v) is 2.28. The van der Waals surface area contributed by atoms with Crippen LogP contribution in [0.5, 0.6) is 5.75 Å². The van der Waals surface area contributed by atoms with Crippen molar-refractivity contribution in [3.8, 4) is 5.75 Å². The Bertz CT molecular complexity index is 724. The molecule has 0 aromatic heterocycles. The van der Waals surface area contributed by atoms with E-state index in [1.54, 1.807) is 12.1 Å². The Morgan fingerprint density at radius 1 is 0.920 bits per heavy atom. The van der Waals surface area contributed by atoms with E-state index in [0.29, 0.717) is 35.3 Å². The largest absolute Gasteiger partial charge is 0.493 e.